The molecule has 1 amide bonds. The van der Waals surface area contributed by atoms with Crippen LogP contribution in [0, 0.1) is 18.8 Å². The van der Waals surface area contributed by atoms with Gasteiger partial charge in [0.25, 0.3) is 0 Å². The van der Waals surface area contributed by atoms with Gasteiger partial charge in [-0.3, -0.25) is 14.4 Å². The van der Waals surface area contributed by atoms with Crippen LogP contribution < -0.4 is 0 Å². The fraction of sp³-hybridized carbons (Fsp3) is 0.765. The number of halogens is 1. The number of piperidine rings is 1. The van der Waals surface area contributed by atoms with Crippen LogP contribution in [0.4, 0.5) is 0 Å². The molecule has 2 atom stereocenters. The molecule has 126 valence electrons. The molecule has 2 bridgehead atoms. The zero-order valence-corrected chi connectivity index (χ0v) is 14.5. The second-order valence-corrected chi connectivity index (χ2v) is 7.96. The van der Waals surface area contributed by atoms with Crippen molar-refractivity contribution in [2.24, 2.45) is 11.8 Å². The summed E-state index contributed by atoms with van der Waals surface area (Å²) in [6, 6.07) is 0.557. The van der Waals surface area contributed by atoms with Gasteiger partial charge in [-0.1, -0.05) is 11.6 Å². The first-order valence-electron chi connectivity index (χ1n) is 8.80. The van der Waals surface area contributed by atoms with Gasteiger partial charge in [0, 0.05) is 38.4 Å². The average Bonchev–Trinajstić information content (AvgIpc) is 3.30. The molecular weight excluding hydrogens is 312 g/mol. The van der Waals surface area contributed by atoms with Gasteiger partial charge in [0.05, 0.1) is 10.7 Å². The van der Waals surface area contributed by atoms with Crippen molar-refractivity contribution in [3.63, 3.8) is 0 Å². The standard InChI is InChI=1S/C17H25ClN4O/c1-12-16(18)10-22(19-12)11-17(23)21-8-14-4-5-15(9-21)20(7-14)6-13-2-3-13/h10,13-15H,2-9,11H2,1H3/t14-,15-/m1/s1. The van der Waals surface area contributed by atoms with Gasteiger partial charge in [-0.2, -0.15) is 5.10 Å². The molecule has 1 saturated carbocycles. The van der Waals surface area contributed by atoms with Gasteiger partial charge >= 0.3 is 0 Å². The van der Waals surface area contributed by atoms with E-state index >= 15 is 0 Å². The Morgan fingerprint density at radius 3 is 2.78 bits per heavy atom. The van der Waals surface area contributed by atoms with Crippen LogP contribution in [0.1, 0.15) is 31.4 Å². The third-order valence-electron chi connectivity index (χ3n) is 5.55. The molecule has 1 aromatic rings. The van der Waals surface area contributed by atoms with Crippen LogP contribution in [0.2, 0.25) is 5.02 Å². The van der Waals surface area contributed by atoms with Crippen molar-refractivity contribution < 1.29 is 4.79 Å². The minimum absolute atomic E-state index is 0.175. The smallest absolute Gasteiger partial charge is 0.244 e. The van der Waals surface area contributed by atoms with Gasteiger partial charge in [-0.15, -0.1) is 0 Å². The predicted octanol–water partition coefficient (Wildman–Crippen LogP) is 2.18. The number of carbonyl (C=O) groups excluding carboxylic acids is 1. The Labute approximate surface area is 142 Å². The Kier molecular flexibility index (Phi) is 4.10. The molecule has 23 heavy (non-hydrogen) atoms. The van der Waals surface area contributed by atoms with E-state index in [9.17, 15) is 4.79 Å². The van der Waals surface area contributed by atoms with E-state index in [1.165, 1.54) is 38.8 Å². The summed E-state index contributed by atoms with van der Waals surface area (Å²) in [5.74, 6) is 1.74. The molecule has 4 aliphatic rings. The molecule has 0 radical (unpaired) electrons. The summed E-state index contributed by atoms with van der Waals surface area (Å²) in [5, 5.41) is 4.94. The molecule has 0 aromatic carbocycles. The fourth-order valence-corrected chi connectivity index (χ4v) is 4.20. The van der Waals surface area contributed by atoms with Crippen LogP contribution in [-0.2, 0) is 11.3 Å². The summed E-state index contributed by atoms with van der Waals surface area (Å²) < 4.78 is 1.68. The number of aromatic nitrogens is 2. The maximum absolute atomic E-state index is 12.7. The van der Waals surface area contributed by atoms with Crippen LogP contribution in [0.5, 0.6) is 0 Å². The van der Waals surface area contributed by atoms with E-state index in [-0.39, 0.29) is 5.91 Å². The summed E-state index contributed by atoms with van der Waals surface area (Å²) in [7, 11) is 0. The molecule has 0 N–H and O–H groups in total. The average molecular weight is 337 g/mol. The van der Waals surface area contributed by atoms with Crippen molar-refractivity contribution in [2.75, 3.05) is 26.2 Å². The number of aryl methyl sites for hydroxylation is 1. The van der Waals surface area contributed by atoms with Crippen LogP contribution in [0.15, 0.2) is 6.20 Å². The SMILES string of the molecule is Cc1nn(CC(=O)N2C[C@@H]3CC[C@H](C2)N(CC2CC2)C3)cc1Cl. The first-order chi connectivity index (χ1) is 11.1. The number of rotatable bonds is 4. The maximum atomic E-state index is 12.7. The van der Waals surface area contributed by atoms with Crippen LogP contribution in [0.25, 0.3) is 0 Å². The lowest BCUT2D eigenvalue weighted by Crippen LogP contribution is -2.45. The molecule has 0 unspecified atom stereocenters. The first-order valence-corrected chi connectivity index (χ1v) is 9.17. The Bertz CT molecular complexity index is 578. The topological polar surface area (TPSA) is 41.4 Å². The molecule has 1 aromatic heterocycles. The van der Waals surface area contributed by atoms with Gasteiger partial charge in [0.2, 0.25) is 5.91 Å². The van der Waals surface area contributed by atoms with Crippen molar-refractivity contribution in [3.05, 3.63) is 16.9 Å². The predicted molar refractivity (Wildman–Crippen MR) is 89.4 cm³/mol. The lowest BCUT2D eigenvalue weighted by atomic mass is 9.95. The normalized spacial score (nSPS) is 28.2. The van der Waals surface area contributed by atoms with Crippen molar-refractivity contribution in [2.45, 2.75) is 45.2 Å². The van der Waals surface area contributed by atoms with E-state index in [1.54, 1.807) is 10.9 Å². The molecule has 5 nitrogen and oxygen atoms in total. The van der Waals surface area contributed by atoms with E-state index in [0.29, 0.717) is 23.5 Å². The number of carbonyl (C=O) groups is 1. The molecule has 4 fully saturated rings. The monoisotopic (exact) mass is 336 g/mol. The van der Waals surface area contributed by atoms with E-state index < -0.39 is 0 Å². The van der Waals surface area contributed by atoms with E-state index in [1.807, 2.05) is 6.92 Å². The van der Waals surface area contributed by atoms with Gasteiger partial charge < -0.3 is 4.90 Å². The van der Waals surface area contributed by atoms with Crippen molar-refractivity contribution >= 4 is 17.5 Å². The van der Waals surface area contributed by atoms with E-state index in [4.69, 9.17) is 11.6 Å². The first kappa shape index (κ1) is 15.5. The van der Waals surface area contributed by atoms with Crippen molar-refractivity contribution in [1.29, 1.82) is 0 Å². The van der Waals surface area contributed by atoms with Crippen LogP contribution in [0.3, 0.4) is 0 Å². The largest absolute Gasteiger partial charge is 0.339 e. The Morgan fingerprint density at radius 1 is 1.26 bits per heavy atom. The summed E-state index contributed by atoms with van der Waals surface area (Å²) in [6.45, 7) is 6.39. The number of hydrogen-bond donors (Lipinski definition) is 0. The van der Waals surface area contributed by atoms with E-state index in [2.05, 4.69) is 14.9 Å². The highest BCUT2D eigenvalue weighted by atomic mass is 35.5. The van der Waals surface area contributed by atoms with Gasteiger partial charge in [0.1, 0.15) is 6.54 Å². The summed E-state index contributed by atoms with van der Waals surface area (Å²) in [6.07, 6.45) is 7.06. The fourth-order valence-electron chi connectivity index (χ4n) is 4.05. The molecule has 3 saturated heterocycles. The van der Waals surface area contributed by atoms with Crippen LogP contribution >= 0.6 is 11.6 Å². The zero-order valence-electron chi connectivity index (χ0n) is 13.7. The highest BCUT2D eigenvalue weighted by Gasteiger charge is 2.38. The second-order valence-electron chi connectivity index (χ2n) is 7.55. The lowest BCUT2D eigenvalue weighted by Gasteiger charge is -2.36. The highest BCUT2D eigenvalue weighted by molar-refractivity contribution is 6.31. The van der Waals surface area contributed by atoms with Crippen LogP contribution in [-0.4, -0.2) is 57.7 Å². The number of hydrogen-bond acceptors (Lipinski definition) is 3. The van der Waals surface area contributed by atoms with Crippen molar-refractivity contribution in [3.8, 4) is 0 Å². The number of fused-ring (bicyclic) bond motifs is 4. The molecule has 1 aliphatic carbocycles. The van der Waals surface area contributed by atoms with Crippen molar-refractivity contribution in [1.82, 2.24) is 19.6 Å². The van der Waals surface area contributed by atoms with Gasteiger partial charge in [-0.25, -0.2) is 0 Å². The molecule has 6 heteroatoms. The zero-order chi connectivity index (χ0) is 16.0. The molecule has 3 aliphatic heterocycles. The quantitative estimate of drug-likeness (QED) is 0.846. The number of nitrogens with zero attached hydrogens (tertiary/aromatic N) is 4. The van der Waals surface area contributed by atoms with E-state index in [0.717, 1.165) is 24.7 Å². The molecular formula is C17H25ClN4O. The summed E-state index contributed by atoms with van der Waals surface area (Å²) in [4.78, 5) is 17.4. The van der Waals surface area contributed by atoms with Gasteiger partial charge in [0.15, 0.2) is 0 Å². The molecule has 0 spiro atoms. The molecule has 5 rings (SSSR count). The third kappa shape index (κ3) is 3.41. The Morgan fingerprint density at radius 2 is 2.09 bits per heavy atom. The Balaban J connectivity index is 1.41. The summed E-state index contributed by atoms with van der Waals surface area (Å²) in [5.41, 5.74) is 0.783. The Hall–Kier alpha value is -1.07. The number of amides is 1. The minimum atomic E-state index is 0.175. The lowest BCUT2D eigenvalue weighted by molar-refractivity contribution is -0.132. The maximum Gasteiger partial charge on any atom is 0.244 e. The van der Waals surface area contributed by atoms with Gasteiger partial charge in [-0.05, 0) is 44.4 Å². The second kappa shape index (κ2) is 6.10. The minimum Gasteiger partial charge on any atom is -0.339 e. The molecule has 4 heterocycles. The third-order valence-corrected chi connectivity index (χ3v) is 5.92. The highest BCUT2D eigenvalue weighted by Crippen LogP contribution is 2.34. The summed E-state index contributed by atoms with van der Waals surface area (Å²) >= 11 is 6.04.